The average molecular weight is 464 g/mol. The van der Waals surface area contributed by atoms with Gasteiger partial charge in [0.25, 0.3) is 5.91 Å². The summed E-state index contributed by atoms with van der Waals surface area (Å²) in [4.78, 5) is 25.9. The number of likely N-dealkylation sites (tertiary alicyclic amines) is 2. The summed E-state index contributed by atoms with van der Waals surface area (Å²) < 4.78 is 0. The highest BCUT2D eigenvalue weighted by Crippen LogP contribution is 2.25. The topological polar surface area (TPSA) is 81.6 Å². The lowest BCUT2D eigenvalue weighted by molar-refractivity contribution is 0.0621. The Labute approximate surface area is 192 Å². The molecule has 1 atom stereocenters. The Hall–Kier alpha value is -1.93. The highest BCUT2D eigenvalue weighted by molar-refractivity contribution is 6.42. The van der Waals surface area contributed by atoms with E-state index in [4.69, 9.17) is 23.2 Å². The first-order valence-electron chi connectivity index (χ1n) is 10.6. The Morgan fingerprint density at radius 1 is 1.16 bits per heavy atom. The molecule has 0 saturated carbocycles. The molecule has 2 fully saturated rings. The van der Waals surface area contributed by atoms with Crippen molar-refractivity contribution in [2.75, 3.05) is 31.5 Å². The van der Waals surface area contributed by atoms with Crippen LogP contribution in [0.1, 0.15) is 40.9 Å². The van der Waals surface area contributed by atoms with Crippen LogP contribution in [0.3, 0.4) is 0 Å². The van der Waals surface area contributed by atoms with E-state index < -0.39 is 0 Å². The fraction of sp³-hybridized carbons (Fsp3) is 0.500. The molecule has 0 bridgehead atoms. The predicted molar refractivity (Wildman–Crippen MR) is 122 cm³/mol. The van der Waals surface area contributed by atoms with E-state index in [2.05, 4.69) is 20.2 Å². The molecule has 1 amide bonds. The minimum atomic E-state index is -0.210. The summed E-state index contributed by atoms with van der Waals surface area (Å²) in [6, 6.07) is 5.90. The largest absolute Gasteiger partial charge is 0.392 e. The maximum absolute atomic E-state index is 13.1. The van der Waals surface area contributed by atoms with E-state index in [1.807, 2.05) is 24.0 Å². The zero-order chi connectivity index (χ0) is 22.0. The highest BCUT2D eigenvalue weighted by atomic mass is 35.5. The van der Waals surface area contributed by atoms with Crippen molar-refractivity contribution in [1.82, 2.24) is 19.8 Å². The number of aliphatic hydroxyl groups excluding tert-OH is 1. The first-order chi connectivity index (χ1) is 14.9. The number of nitrogens with one attached hydrogen (secondary N) is 1. The number of aromatic nitrogens is 2. The maximum atomic E-state index is 13.1. The minimum Gasteiger partial charge on any atom is -0.392 e. The number of carbonyl (C=O) groups is 1. The van der Waals surface area contributed by atoms with Crippen molar-refractivity contribution in [2.45, 2.75) is 44.9 Å². The summed E-state index contributed by atoms with van der Waals surface area (Å²) in [6.07, 6.45) is 3.90. The number of carbonyl (C=O) groups excluding carboxylic acids is 1. The molecule has 31 heavy (non-hydrogen) atoms. The van der Waals surface area contributed by atoms with Crippen molar-refractivity contribution >= 4 is 34.9 Å². The van der Waals surface area contributed by atoms with Crippen LogP contribution in [-0.2, 0) is 6.54 Å². The van der Waals surface area contributed by atoms with Gasteiger partial charge in [0.05, 0.1) is 16.1 Å². The van der Waals surface area contributed by atoms with Crippen LogP contribution in [0.5, 0.6) is 0 Å². The van der Waals surface area contributed by atoms with E-state index in [0.717, 1.165) is 43.5 Å². The van der Waals surface area contributed by atoms with Crippen LogP contribution in [0.25, 0.3) is 0 Å². The number of aliphatic hydroxyl groups is 1. The van der Waals surface area contributed by atoms with Crippen molar-refractivity contribution in [3.63, 3.8) is 0 Å². The molecule has 2 aromatic rings. The molecule has 4 rings (SSSR count). The van der Waals surface area contributed by atoms with Gasteiger partial charge in [0.1, 0.15) is 17.8 Å². The molecule has 3 heterocycles. The summed E-state index contributed by atoms with van der Waals surface area (Å²) in [5, 5.41) is 14.1. The van der Waals surface area contributed by atoms with E-state index >= 15 is 0 Å². The highest BCUT2D eigenvalue weighted by Gasteiger charge is 2.32. The monoisotopic (exact) mass is 463 g/mol. The van der Waals surface area contributed by atoms with E-state index in [-0.39, 0.29) is 12.0 Å². The van der Waals surface area contributed by atoms with E-state index in [9.17, 15) is 9.90 Å². The Morgan fingerprint density at radius 3 is 2.61 bits per heavy atom. The van der Waals surface area contributed by atoms with Gasteiger partial charge in [0, 0.05) is 44.3 Å². The minimum absolute atomic E-state index is 0.0580. The number of benzene rings is 1. The molecule has 1 aromatic carbocycles. The lowest BCUT2D eigenvalue weighted by Crippen LogP contribution is -2.46. The first-order valence-corrected chi connectivity index (χ1v) is 11.4. The molecule has 2 aliphatic heterocycles. The summed E-state index contributed by atoms with van der Waals surface area (Å²) >= 11 is 12.1. The van der Waals surface area contributed by atoms with Crippen LogP contribution < -0.4 is 5.32 Å². The third-order valence-electron chi connectivity index (χ3n) is 6.19. The zero-order valence-corrected chi connectivity index (χ0v) is 19.0. The Morgan fingerprint density at radius 2 is 1.94 bits per heavy atom. The molecule has 7 nitrogen and oxygen atoms in total. The number of hydrogen-bond donors (Lipinski definition) is 2. The SMILES string of the molecule is Cc1c(NCc2ccc(Cl)c(Cl)c2)ncnc1C(=O)N1CCC(N2CCC(O)C2)CC1. The quantitative estimate of drug-likeness (QED) is 0.707. The molecule has 0 spiro atoms. The Balaban J connectivity index is 1.38. The number of hydrogen-bond acceptors (Lipinski definition) is 6. The summed E-state index contributed by atoms with van der Waals surface area (Å²) in [6.45, 7) is 5.46. The van der Waals surface area contributed by atoms with Gasteiger partial charge in [0.15, 0.2) is 0 Å². The third kappa shape index (κ3) is 5.12. The second-order valence-corrected chi connectivity index (χ2v) is 9.07. The molecule has 1 unspecified atom stereocenters. The van der Waals surface area contributed by atoms with Crippen LogP contribution in [-0.4, -0.2) is 69.1 Å². The summed E-state index contributed by atoms with van der Waals surface area (Å²) in [7, 11) is 0. The fourth-order valence-corrected chi connectivity index (χ4v) is 4.68. The van der Waals surface area contributed by atoms with Crippen LogP contribution in [0.4, 0.5) is 5.82 Å². The second kappa shape index (κ2) is 9.69. The summed E-state index contributed by atoms with van der Waals surface area (Å²) in [5.41, 5.74) is 2.13. The predicted octanol–water partition coefficient (Wildman–Crippen LogP) is 3.38. The molecular weight excluding hydrogens is 437 g/mol. The molecular formula is C22H27Cl2N5O2. The molecule has 1 aromatic heterocycles. The average Bonchev–Trinajstić information content (AvgIpc) is 3.21. The molecule has 166 valence electrons. The Bertz CT molecular complexity index is 949. The fourth-order valence-electron chi connectivity index (χ4n) is 4.36. The van der Waals surface area contributed by atoms with Gasteiger partial charge in [-0.3, -0.25) is 9.69 Å². The Kier molecular flexibility index (Phi) is 6.96. The third-order valence-corrected chi connectivity index (χ3v) is 6.93. The van der Waals surface area contributed by atoms with Crippen LogP contribution in [0.2, 0.25) is 10.0 Å². The maximum Gasteiger partial charge on any atom is 0.272 e. The lowest BCUT2D eigenvalue weighted by atomic mass is 10.0. The zero-order valence-electron chi connectivity index (χ0n) is 17.5. The van der Waals surface area contributed by atoms with Gasteiger partial charge in [-0.25, -0.2) is 9.97 Å². The van der Waals surface area contributed by atoms with Gasteiger partial charge in [-0.2, -0.15) is 0 Å². The van der Waals surface area contributed by atoms with Gasteiger partial charge < -0.3 is 15.3 Å². The van der Waals surface area contributed by atoms with Gasteiger partial charge in [-0.05, 0) is 43.9 Å². The normalized spacial score (nSPS) is 20.3. The lowest BCUT2D eigenvalue weighted by Gasteiger charge is -2.36. The molecule has 2 saturated heterocycles. The van der Waals surface area contributed by atoms with Gasteiger partial charge in [-0.15, -0.1) is 0 Å². The van der Waals surface area contributed by atoms with Crippen LogP contribution in [0, 0.1) is 6.92 Å². The number of rotatable bonds is 5. The molecule has 0 radical (unpaired) electrons. The standard InChI is InChI=1S/C22H27Cl2N5O2/c1-14-20(22(31)28-7-4-16(5-8-28)29-9-6-17(30)12-29)26-13-27-21(14)25-11-15-2-3-18(23)19(24)10-15/h2-3,10,13,16-17,30H,4-9,11-12H2,1H3,(H,25,26,27). The van der Waals surface area contributed by atoms with Crippen molar-refractivity contribution in [1.29, 1.82) is 0 Å². The van der Waals surface area contributed by atoms with E-state index in [1.54, 1.807) is 6.07 Å². The molecule has 2 N–H and O–H groups in total. The summed E-state index contributed by atoms with van der Waals surface area (Å²) in [5.74, 6) is 0.572. The second-order valence-electron chi connectivity index (χ2n) is 8.26. The first kappa shape index (κ1) is 22.3. The van der Waals surface area contributed by atoms with Crippen LogP contribution >= 0.6 is 23.2 Å². The smallest absolute Gasteiger partial charge is 0.272 e. The van der Waals surface area contributed by atoms with Crippen molar-refractivity contribution in [3.05, 3.63) is 51.4 Å². The van der Waals surface area contributed by atoms with Gasteiger partial charge in [0.2, 0.25) is 0 Å². The van der Waals surface area contributed by atoms with Crippen molar-refractivity contribution in [3.8, 4) is 0 Å². The number of piperidine rings is 1. The van der Waals surface area contributed by atoms with Gasteiger partial charge >= 0.3 is 0 Å². The van der Waals surface area contributed by atoms with Gasteiger partial charge in [-0.1, -0.05) is 29.3 Å². The number of amides is 1. The number of nitrogens with zero attached hydrogens (tertiary/aromatic N) is 4. The molecule has 9 heteroatoms. The van der Waals surface area contributed by atoms with Crippen molar-refractivity contribution < 1.29 is 9.90 Å². The number of anilines is 1. The number of β-amino-alcohol motifs (C(OH)–C–C–N with tert-alkyl or cyclic N) is 1. The van der Waals surface area contributed by atoms with E-state index in [0.29, 0.717) is 47.2 Å². The molecule has 2 aliphatic rings. The van der Waals surface area contributed by atoms with Crippen molar-refractivity contribution in [2.24, 2.45) is 0 Å². The van der Waals surface area contributed by atoms with E-state index in [1.165, 1.54) is 6.33 Å². The number of halogens is 2. The molecule has 0 aliphatic carbocycles. The van der Waals surface area contributed by atoms with Crippen LogP contribution in [0.15, 0.2) is 24.5 Å².